The predicted octanol–water partition coefficient (Wildman–Crippen LogP) is 14.1. The number of amides is 1. The number of unbranched alkanes of at least 4 members (excludes halogenated alkanes) is 27. The maximum absolute atomic E-state index is 12.4. The molecule has 2 atom stereocenters. The molecular weight excluding hydrogens is 695 g/mol. The van der Waals surface area contributed by atoms with Gasteiger partial charge in [-0.05, 0) is 70.6 Å². The number of aliphatic hydroxyl groups is 2. The first-order valence-electron chi connectivity index (χ1n) is 24.2. The smallest absolute Gasteiger partial charge is 0.305 e. The monoisotopic (exact) mass is 788 g/mol. The summed E-state index contributed by atoms with van der Waals surface area (Å²) in [5.74, 6) is -0.144. The lowest BCUT2D eigenvalue weighted by molar-refractivity contribution is -0.143. The molecule has 0 saturated heterocycles. The molecule has 0 spiro atoms. The van der Waals surface area contributed by atoms with Gasteiger partial charge in [-0.25, -0.2) is 0 Å². The first kappa shape index (κ1) is 54.1. The van der Waals surface area contributed by atoms with Crippen molar-refractivity contribution >= 4 is 11.9 Å². The Morgan fingerprint density at radius 2 is 0.911 bits per heavy atom. The molecule has 1 amide bonds. The van der Waals surface area contributed by atoms with Gasteiger partial charge in [0.25, 0.3) is 0 Å². The number of aliphatic hydroxyl groups excluding tert-OH is 2. The molecule has 0 rings (SSSR count). The van der Waals surface area contributed by atoms with Crippen molar-refractivity contribution in [3.63, 3.8) is 0 Å². The molecule has 56 heavy (non-hydrogen) atoms. The van der Waals surface area contributed by atoms with E-state index in [9.17, 15) is 19.8 Å². The quantitative estimate of drug-likeness (QED) is 0.0325. The summed E-state index contributed by atoms with van der Waals surface area (Å²) in [5, 5.41) is 23.0. The van der Waals surface area contributed by atoms with Crippen LogP contribution in [-0.2, 0) is 14.3 Å². The largest absolute Gasteiger partial charge is 0.466 e. The Morgan fingerprint density at radius 3 is 1.41 bits per heavy atom. The van der Waals surface area contributed by atoms with Crippen molar-refractivity contribution in [3.8, 4) is 0 Å². The fraction of sp³-hybridized carbons (Fsp3) is 0.840. The molecule has 0 fully saturated rings. The Hall–Kier alpha value is -1.92. The Kier molecular flexibility index (Phi) is 44.2. The van der Waals surface area contributed by atoms with Crippen LogP contribution in [0, 0.1) is 0 Å². The lowest BCUT2D eigenvalue weighted by Crippen LogP contribution is -2.45. The summed E-state index contributed by atoms with van der Waals surface area (Å²) >= 11 is 0. The van der Waals surface area contributed by atoms with E-state index in [-0.39, 0.29) is 18.5 Å². The third-order valence-electron chi connectivity index (χ3n) is 10.9. The number of carbonyl (C=O) groups excluding carboxylic acids is 2. The molecular formula is C50H93NO5. The lowest BCUT2D eigenvalue weighted by Gasteiger charge is -2.22. The minimum atomic E-state index is -0.697. The number of allylic oxidation sites excluding steroid dienone is 6. The summed E-state index contributed by atoms with van der Waals surface area (Å²) in [5.41, 5.74) is 0. The summed E-state index contributed by atoms with van der Waals surface area (Å²) < 4.78 is 5.44. The van der Waals surface area contributed by atoms with Crippen LogP contribution >= 0.6 is 0 Å². The number of hydrogen-bond donors (Lipinski definition) is 3. The van der Waals surface area contributed by atoms with E-state index in [2.05, 4.69) is 49.5 Å². The molecule has 0 saturated carbocycles. The third-order valence-corrected chi connectivity index (χ3v) is 10.9. The van der Waals surface area contributed by atoms with Crippen LogP contribution in [0.4, 0.5) is 0 Å². The van der Waals surface area contributed by atoms with Gasteiger partial charge in [0.2, 0.25) is 5.91 Å². The van der Waals surface area contributed by atoms with Crippen molar-refractivity contribution in [1.29, 1.82) is 0 Å². The number of rotatable bonds is 44. The van der Waals surface area contributed by atoms with E-state index in [0.717, 1.165) is 51.4 Å². The summed E-state index contributed by atoms with van der Waals surface area (Å²) in [6, 6.07) is -0.584. The van der Waals surface area contributed by atoms with Gasteiger partial charge in [0, 0.05) is 12.8 Å². The third kappa shape index (κ3) is 41.7. The molecule has 0 aromatic heterocycles. The van der Waals surface area contributed by atoms with Crippen LogP contribution in [0.1, 0.15) is 245 Å². The van der Waals surface area contributed by atoms with Crippen LogP contribution in [-0.4, -0.2) is 47.4 Å². The normalized spacial score (nSPS) is 13.0. The van der Waals surface area contributed by atoms with Crippen LogP contribution in [0.5, 0.6) is 0 Å². The standard InChI is InChI=1S/C50H93NO5/c1-3-5-7-9-11-13-15-16-17-20-24-28-32-36-40-44-50(55)56-45-41-37-33-29-25-21-18-19-23-27-31-35-39-43-49(54)51-47(46-52)48(53)42-38-34-30-26-22-14-12-10-8-6-4-2/h16-17,19,23,31,35,47-48,52-53H,3-15,18,20-22,24-30,32-34,36-46H2,1-2H3,(H,51,54)/b17-16-,23-19-,35-31-. The van der Waals surface area contributed by atoms with E-state index in [1.165, 1.54) is 154 Å². The molecule has 0 aliphatic heterocycles. The zero-order valence-electron chi connectivity index (χ0n) is 37.1. The van der Waals surface area contributed by atoms with Gasteiger partial charge in [-0.15, -0.1) is 0 Å². The zero-order chi connectivity index (χ0) is 40.8. The Labute approximate surface area is 347 Å². The second-order valence-electron chi connectivity index (χ2n) is 16.4. The Morgan fingerprint density at radius 1 is 0.500 bits per heavy atom. The van der Waals surface area contributed by atoms with Crippen LogP contribution in [0.2, 0.25) is 0 Å². The molecule has 0 aromatic carbocycles. The number of carbonyl (C=O) groups is 2. The van der Waals surface area contributed by atoms with E-state index in [1.54, 1.807) is 0 Å². The van der Waals surface area contributed by atoms with Crippen LogP contribution in [0.3, 0.4) is 0 Å². The molecule has 0 aliphatic carbocycles. The van der Waals surface area contributed by atoms with Gasteiger partial charge in [0.05, 0.1) is 25.4 Å². The maximum atomic E-state index is 12.4. The number of esters is 1. The van der Waals surface area contributed by atoms with E-state index in [0.29, 0.717) is 32.3 Å². The average Bonchev–Trinajstić information content (AvgIpc) is 3.20. The van der Waals surface area contributed by atoms with Crippen molar-refractivity contribution in [2.45, 2.75) is 257 Å². The Bertz CT molecular complexity index is 915. The molecule has 0 heterocycles. The minimum absolute atomic E-state index is 0.0258. The van der Waals surface area contributed by atoms with Crippen molar-refractivity contribution in [1.82, 2.24) is 5.32 Å². The fourth-order valence-electron chi connectivity index (χ4n) is 7.15. The Balaban J connectivity index is 3.55. The highest BCUT2D eigenvalue weighted by Crippen LogP contribution is 2.15. The first-order valence-corrected chi connectivity index (χ1v) is 24.2. The highest BCUT2D eigenvalue weighted by molar-refractivity contribution is 5.76. The van der Waals surface area contributed by atoms with Crippen molar-refractivity contribution in [3.05, 3.63) is 36.5 Å². The molecule has 328 valence electrons. The zero-order valence-corrected chi connectivity index (χ0v) is 37.1. The fourth-order valence-corrected chi connectivity index (χ4v) is 7.15. The second-order valence-corrected chi connectivity index (χ2v) is 16.4. The number of hydrogen-bond acceptors (Lipinski definition) is 5. The molecule has 6 heteroatoms. The molecule has 0 aliphatic rings. The highest BCUT2D eigenvalue weighted by Gasteiger charge is 2.19. The second kappa shape index (κ2) is 45.8. The molecule has 0 aromatic rings. The summed E-state index contributed by atoms with van der Waals surface area (Å²) in [4.78, 5) is 24.4. The van der Waals surface area contributed by atoms with Crippen LogP contribution < -0.4 is 5.32 Å². The lowest BCUT2D eigenvalue weighted by atomic mass is 10.0. The van der Waals surface area contributed by atoms with E-state index in [1.807, 2.05) is 6.08 Å². The SMILES string of the molecule is CCCCCCCC/C=C\CCCCCCCC(=O)OCCCCCCCC/C=C\C/C=C\CCC(=O)NC(CO)C(O)CCCCCCCCCCCCC. The van der Waals surface area contributed by atoms with Gasteiger partial charge < -0.3 is 20.3 Å². The van der Waals surface area contributed by atoms with Crippen LogP contribution in [0.15, 0.2) is 36.5 Å². The topological polar surface area (TPSA) is 95.9 Å². The van der Waals surface area contributed by atoms with Crippen molar-refractivity contribution in [2.24, 2.45) is 0 Å². The first-order chi connectivity index (χ1) is 27.5. The van der Waals surface area contributed by atoms with Gasteiger partial charge in [-0.2, -0.15) is 0 Å². The average molecular weight is 788 g/mol. The maximum Gasteiger partial charge on any atom is 0.305 e. The summed E-state index contributed by atoms with van der Waals surface area (Å²) in [7, 11) is 0. The molecule has 3 N–H and O–H groups in total. The van der Waals surface area contributed by atoms with Gasteiger partial charge in [-0.3, -0.25) is 9.59 Å². The van der Waals surface area contributed by atoms with Gasteiger partial charge >= 0.3 is 5.97 Å². The predicted molar refractivity (Wildman–Crippen MR) is 241 cm³/mol. The molecule has 2 unspecified atom stereocenters. The molecule has 6 nitrogen and oxygen atoms in total. The van der Waals surface area contributed by atoms with Gasteiger partial charge in [-0.1, -0.05) is 198 Å². The van der Waals surface area contributed by atoms with E-state index < -0.39 is 12.1 Å². The highest BCUT2D eigenvalue weighted by atomic mass is 16.5. The van der Waals surface area contributed by atoms with Crippen molar-refractivity contribution in [2.75, 3.05) is 13.2 Å². The molecule has 0 bridgehead atoms. The number of ether oxygens (including phenoxy) is 1. The van der Waals surface area contributed by atoms with E-state index in [4.69, 9.17) is 4.74 Å². The summed E-state index contributed by atoms with van der Waals surface area (Å²) in [6.07, 6.45) is 54.0. The summed E-state index contributed by atoms with van der Waals surface area (Å²) in [6.45, 7) is 4.85. The molecule has 0 radical (unpaired) electrons. The van der Waals surface area contributed by atoms with Crippen LogP contribution in [0.25, 0.3) is 0 Å². The van der Waals surface area contributed by atoms with Gasteiger partial charge in [0.15, 0.2) is 0 Å². The van der Waals surface area contributed by atoms with E-state index >= 15 is 0 Å². The number of nitrogens with one attached hydrogen (secondary N) is 1. The minimum Gasteiger partial charge on any atom is -0.466 e. The van der Waals surface area contributed by atoms with Gasteiger partial charge in [0.1, 0.15) is 0 Å². The van der Waals surface area contributed by atoms with Crippen molar-refractivity contribution < 1.29 is 24.5 Å².